The minimum Gasteiger partial charge on any atom is -0.314 e. The van der Waals surface area contributed by atoms with Crippen molar-refractivity contribution in [3.05, 3.63) is 0 Å². The van der Waals surface area contributed by atoms with E-state index in [9.17, 15) is 0 Å². The lowest BCUT2D eigenvalue weighted by Crippen LogP contribution is -2.26. The second-order valence-electron chi connectivity index (χ2n) is 2.95. The molecule has 1 nitrogen and oxygen atoms in total. The largest absolute Gasteiger partial charge is 0.314 e. The third-order valence-electron chi connectivity index (χ3n) is 1.90. The second-order valence-corrected chi connectivity index (χ2v) is 2.95. The summed E-state index contributed by atoms with van der Waals surface area (Å²) in [6.07, 6.45) is 2.76. The second kappa shape index (κ2) is 4.13. The minimum atomic E-state index is 0. The smallest absolute Gasteiger partial charge is 0.00905 e. The molecule has 0 saturated carbocycles. The lowest BCUT2D eigenvalue weighted by molar-refractivity contribution is 0.452. The Bertz CT molecular complexity index is 67.3. The summed E-state index contributed by atoms with van der Waals surface area (Å²) in [4.78, 5) is 0. The molecule has 1 aliphatic heterocycles. The van der Waals surface area contributed by atoms with Crippen molar-refractivity contribution in [2.45, 2.75) is 32.7 Å². The number of hydrogen-bond acceptors (Lipinski definition) is 1. The first-order valence-electron chi connectivity index (χ1n) is 3.54. The molecule has 2 heteroatoms. The number of rotatable bonds is 1. The Balaban J connectivity index is 0.000000640. The molecule has 0 radical (unpaired) electrons. The Morgan fingerprint density at radius 2 is 2.11 bits per heavy atom. The third-order valence-corrected chi connectivity index (χ3v) is 1.90. The van der Waals surface area contributed by atoms with E-state index < -0.39 is 0 Å². The van der Waals surface area contributed by atoms with E-state index >= 15 is 0 Å². The molecule has 1 atom stereocenters. The van der Waals surface area contributed by atoms with Crippen LogP contribution in [0.25, 0.3) is 0 Å². The number of halogens is 1. The molecule has 0 aromatic carbocycles. The van der Waals surface area contributed by atoms with Crippen molar-refractivity contribution < 1.29 is 0 Å². The summed E-state index contributed by atoms with van der Waals surface area (Å²) in [7, 11) is 0. The van der Waals surface area contributed by atoms with Crippen LogP contribution >= 0.6 is 12.4 Å². The maximum absolute atomic E-state index is 3.46. The van der Waals surface area contributed by atoms with Crippen molar-refractivity contribution in [3.63, 3.8) is 0 Å². The van der Waals surface area contributed by atoms with E-state index in [0.717, 1.165) is 12.0 Å². The first-order valence-corrected chi connectivity index (χ1v) is 3.54. The van der Waals surface area contributed by atoms with Crippen LogP contribution in [0.15, 0.2) is 0 Å². The number of hydrogen-bond donors (Lipinski definition) is 1. The molecule has 1 fully saturated rings. The van der Waals surface area contributed by atoms with Crippen LogP contribution in [0, 0.1) is 5.92 Å². The number of nitrogens with one attached hydrogen (secondary N) is 1. The van der Waals surface area contributed by atoms with Gasteiger partial charge in [-0.25, -0.2) is 0 Å². The SMILES string of the molecule is CC(C)C1CCCN1.Cl. The molecule has 56 valence electrons. The Morgan fingerprint density at radius 1 is 1.44 bits per heavy atom. The predicted octanol–water partition coefficient (Wildman–Crippen LogP) is 1.82. The molecule has 0 aliphatic carbocycles. The molecule has 0 aromatic rings. The first kappa shape index (κ1) is 9.25. The summed E-state index contributed by atoms with van der Waals surface area (Å²) in [5.74, 6) is 0.831. The van der Waals surface area contributed by atoms with E-state index in [0.29, 0.717) is 0 Å². The molecule has 0 amide bonds. The van der Waals surface area contributed by atoms with Crippen molar-refractivity contribution >= 4 is 12.4 Å². The molecule has 0 spiro atoms. The lowest BCUT2D eigenvalue weighted by Gasteiger charge is -2.12. The van der Waals surface area contributed by atoms with Gasteiger partial charge in [-0.05, 0) is 25.3 Å². The molecule has 9 heavy (non-hydrogen) atoms. The highest BCUT2D eigenvalue weighted by molar-refractivity contribution is 5.85. The summed E-state index contributed by atoms with van der Waals surface area (Å²) >= 11 is 0. The average Bonchev–Trinajstić information content (AvgIpc) is 2.12. The van der Waals surface area contributed by atoms with Crippen LogP contribution in [0.3, 0.4) is 0 Å². The van der Waals surface area contributed by atoms with Crippen LogP contribution in [0.4, 0.5) is 0 Å². The van der Waals surface area contributed by atoms with Gasteiger partial charge >= 0.3 is 0 Å². The molecule has 1 rings (SSSR count). The van der Waals surface area contributed by atoms with Gasteiger partial charge in [0, 0.05) is 6.04 Å². The van der Waals surface area contributed by atoms with Gasteiger partial charge < -0.3 is 5.32 Å². The van der Waals surface area contributed by atoms with Crippen molar-refractivity contribution in [1.82, 2.24) is 5.32 Å². The molecule has 1 saturated heterocycles. The summed E-state index contributed by atoms with van der Waals surface area (Å²) in [5, 5.41) is 3.46. The van der Waals surface area contributed by atoms with Crippen molar-refractivity contribution in [3.8, 4) is 0 Å². The highest BCUT2D eigenvalue weighted by atomic mass is 35.5. The summed E-state index contributed by atoms with van der Waals surface area (Å²) < 4.78 is 0. The topological polar surface area (TPSA) is 12.0 Å². The third kappa shape index (κ3) is 2.55. The molecule has 0 bridgehead atoms. The van der Waals surface area contributed by atoms with Gasteiger partial charge in [-0.3, -0.25) is 0 Å². The van der Waals surface area contributed by atoms with Gasteiger partial charge in [0.05, 0.1) is 0 Å². The first-order chi connectivity index (χ1) is 3.80. The van der Waals surface area contributed by atoms with E-state index in [1.807, 2.05) is 0 Å². The summed E-state index contributed by atoms with van der Waals surface area (Å²) in [6.45, 7) is 5.80. The monoisotopic (exact) mass is 149 g/mol. The maximum Gasteiger partial charge on any atom is 0.00905 e. The molecular weight excluding hydrogens is 134 g/mol. The van der Waals surface area contributed by atoms with Gasteiger partial charge in [-0.1, -0.05) is 13.8 Å². The van der Waals surface area contributed by atoms with Crippen LogP contribution in [0.5, 0.6) is 0 Å². The van der Waals surface area contributed by atoms with Gasteiger partial charge in [0.2, 0.25) is 0 Å². The van der Waals surface area contributed by atoms with Crippen molar-refractivity contribution in [1.29, 1.82) is 0 Å². The van der Waals surface area contributed by atoms with E-state index in [-0.39, 0.29) is 12.4 Å². The fraction of sp³-hybridized carbons (Fsp3) is 1.00. The predicted molar refractivity (Wildman–Crippen MR) is 43.1 cm³/mol. The standard InChI is InChI=1S/C7H15N.ClH/c1-6(2)7-4-3-5-8-7;/h6-8H,3-5H2,1-2H3;1H. The molecule has 1 N–H and O–H groups in total. The lowest BCUT2D eigenvalue weighted by atomic mass is 10.0. The Kier molecular flexibility index (Phi) is 4.24. The zero-order valence-corrected chi connectivity index (χ0v) is 7.00. The fourth-order valence-electron chi connectivity index (χ4n) is 1.28. The van der Waals surface area contributed by atoms with Crippen molar-refractivity contribution in [2.24, 2.45) is 5.92 Å². The average molecular weight is 150 g/mol. The van der Waals surface area contributed by atoms with E-state index in [4.69, 9.17) is 0 Å². The van der Waals surface area contributed by atoms with Crippen LogP contribution < -0.4 is 5.32 Å². The van der Waals surface area contributed by atoms with E-state index in [2.05, 4.69) is 19.2 Å². The van der Waals surface area contributed by atoms with Gasteiger partial charge in [-0.2, -0.15) is 0 Å². The zero-order valence-electron chi connectivity index (χ0n) is 6.18. The van der Waals surface area contributed by atoms with Crippen LogP contribution in [-0.4, -0.2) is 12.6 Å². The van der Waals surface area contributed by atoms with Gasteiger partial charge in [0.25, 0.3) is 0 Å². The Labute approximate surface area is 63.6 Å². The van der Waals surface area contributed by atoms with Crippen LogP contribution in [0.2, 0.25) is 0 Å². The van der Waals surface area contributed by atoms with Gasteiger partial charge in [-0.15, -0.1) is 12.4 Å². The molecule has 0 aromatic heterocycles. The van der Waals surface area contributed by atoms with Crippen LogP contribution in [-0.2, 0) is 0 Å². The summed E-state index contributed by atoms with van der Waals surface area (Å²) in [6, 6.07) is 0.815. The quantitative estimate of drug-likeness (QED) is 0.600. The summed E-state index contributed by atoms with van der Waals surface area (Å²) in [5.41, 5.74) is 0. The Hall–Kier alpha value is 0.250. The van der Waals surface area contributed by atoms with Crippen molar-refractivity contribution in [2.75, 3.05) is 6.54 Å². The molecule has 1 unspecified atom stereocenters. The minimum absolute atomic E-state index is 0. The Morgan fingerprint density at radius 3 is 2.33 bits per heavy atom. The van der Waals surface area contributed by atoms with Crippen LogP contribution in [0.1, 0.15) is 26.7 Å². The van der Waals surface area contributed by atoms with Gasteiger partial charge in [0.15, 0.2) is 0 Å². The highest BCUT2D eigenvalue weighted by Gasteiger charge is 2.16. The zero-order chi connectivity index (χ0) is 5.98. The fourth-order valence-corrected chi connectivity index (χ4v) is 1.28. The molecule has 1 heterocycles. The maximum atomic E-state index is 3.46. The van der Waals surface area contributed by atoms with E-state index in [1.54, 1.807) is 0 Å². The normalized spacial score (nSPS) is 26.3. The molecular formula is C7H16ClN. The molecule has 1 aliphatic rings. The van der Waals surface area contributed by atoms with E-state index in [1.165, 1.54) is 19.4 Å². The van der Waals surface area contributed by atoms with Gasteiger partial charge in [0.1, 0.15) is 0 Å². The highest BCUT2D eigenvalue weighted by Crippen LogP contribution is 2.12.